The topological polar surface area (TPSA) is 29.5 Å². The maximum Gasteiger partial charge on any atom is 0.457 e. The number of ether oxygens (including phenoxy) is 1. The summed E-state index contributed by atoms with van der Waals surface area (Å²) in [6, 6.07) is 10.4. The standard InChI is InChI=1S/C16H13F5O2/c1-23-13-9-7-12(8-10-13)14(22,11-5-3-2-4-6-11)15(17,18)16(19,20)21/h2-10,22H,1H3. The van der Waals surface area contributed by atoms with Crippen LogP contribution in [0.3, 0.4) is 0 Å². The molecule has 2 nitrogen and oxygen atoms in total. The lowest BCUT2D eigenvalue weighted by Gasteiger charge is -2.37. The quantitative estimate of drug-likeness (QED) is 0.853. The first-order chi connectivity index (χ1) is 10.6. The van der Waals surface area contributed by atoms with Gasteiger partial charge < -0.3 is 9.84 Å². The van der Waals surface area contributed by atoms with Crippen molar-refractivity contribution >= 4 is 0 Å². The van der Waals surface area contributed by atoms with Gasteiger partial charge in [-0.2, -0.15) is 22.0 Å². The van der Waals surface area contributed by atoms with Crippen molar-refractivity contribution in [3.63, 3.8) is 0 Å². The molecular weight excluding hydrogens is 319 g/mol. The van der Waals surface area contributed by atoms with Crippen molar-refractivity contribution in [1.29, 1.82) is 0 Å². The molecule has 2 aromatic rings. The number of aliphatic hydroxyl groups is 1. The van der Waals surface area contributed by atoms with Crippen LogP contribution in [-0.2, 0) is 5.60 Å². The van der Waals surface area contributed by atoms with Crippen LogP contribution in [0.15, 0.2) is 54.6 Å². The number of hydrogen-bond acceptors (Lipinski definition) is 2. The number of rotatable bonds is 4. The molecule has 0 aliphatic heterocycles. The monoisotopic (exact) mass is 332 g/mol. The van der Waals surface area contributed by atoms with Crippen molar-refractivity contribution in [2.24, 2.45) is 0 Å². The van der Waals surface area contributed by atoms with E-state index in [1.54, 1.807) is 0 Å². The fourth-order valence-electron chi connectivity index (χ4n) is 2.25. The van der Waals surface area contributed by atoms with Crippen LogP contribution in [0.4, 0.5) is 22.0 Å². The van der Waals surface area contributed by atoms with Gasteiger partial charge in [-0.1, -0.05) is 42.5 Å². The van der Waals surface area contributed by atoms with Gasteiger partial charge in [0, 0.05) is 0 Å². The Hall–Kier alpha value is -2.15. The van der Waals surface area contributed by atoms with Crippen LogP contribution in [0.5, 0.6) is 5.75 Å². The van der Waals surface area contributed by atoms with E-state index >= 15 is 0 Å². The molecular formula is C16H13F5O2. The molecule has 2 aromatic carbocycles. The molecule has 1 atom stereocenters. The predicted molar refractivity (Wildman–Crippen MR) is 73.4 cm³/mol. The van der Waals surface area contributed by atoms with E-state index in [1.165, 1.54) is 37.4 Å². The molecule has 1 N–H and O–H groups in total. The third kappa shape index (κ3) is 2.76. The van der Waals surface area contributed by atoms with Crippen molar-refractivity contribution in [2.75, 3.05) is 7.11 Å². The van der Waals surface area contributed by atoms with Gasteiger partial charge in [0.2, 0.25) is 0 Å². The van der Waals surface area contributed by atoms with E-state index in [-0.39, 0.29) is 5.75 Å². The second kappa shape index (κ2) is 5.81. The number of alkyl halides is 5. The normalized spacial score (nSPS) is 15.1. The number of benzene rings is 2. The van der Waals surface area contributed by atoms with Crippen LogP contribution in [0, 0.1) is 0 Å². The van der Waals surface area contributed by atoms with E-state index in [0.717, 1.165) is 24.3 Å². The number of hydrogen-bond donors (Lipinski definition) is 1. The molecule has 124 valence electrons. The fourth-order valence-corrected chi connectivity index (χ4v) is 2.25. The molecule has 2 rings (SSSR count). The molecule has 7 heteroatoms. The summed E-state index contributed by atoms with van der Waals surface area (Å²) >= 11 is 0. The molecule has 0 radical (unpaired) electrons. The van der Waals surface area contributed by atoms with Gasteiger partial charge >= 0.3 is 12.1 Å². The van der Waals surface area contributed by atoms with Crippen LogP contribution in [0.1, 0.15) is 11.1 Å². The van der Waals surface area contributed by atoms with Gasteiger partial charge in [0.15, 0.2) is 5.60 Å². The summed E-state index contributed by atoms with van der Waals surface area (Å²) in [5, 5.41) is 10.5. The highest BCUT2D eigenvalue weighted by Gasteiger charge is 2.71. The lowest BCUT2D eigenvalue weighted by molar-refractivity contribution is -0.336. The van der Waals surface area contributed by atoms with E-state index in [0.29, 0.717) is 0 Å². The highest BCUT2D eigenvalue weighted by molar-refractivity contribution is 5.41. The molecule has 0 spiro atoms. The van der Waals surface area contributed by atoms with E-state index in [4.69, 9.17) is 4.74 Å². The first-order valence-electron chi connectivity index (χ1n) is 6.51. The predicted octanol–water partition coefficient (Wildman–Crippen LogP) is 4.13. The zero-order valence-corrected chi connectivity index (χ0v) is 11.9. The molecule has 0 aliphatic carbocycles. The van der Waals surface area contributed by atoms with Crippen LogP contribution < -0.4 is 4.74 Å². The van der Waals surface area contributed by atoms with E-state index in [9.17, 15) is 27.1 Å². The number of methoxy groups -OCH3 is 1. The zero-order valence-electron chi connectivity index (χ0n) is 11.9. The molecule has 0 saturated heterocycles. The van der Waals surface area contributed by atoms with Crippen LogP contribution >= 0.6 is 0 Å². The van der Waals surface area contributed by atoms with Gasteiger partial charge in [-0.15, -0.1) is 0 Å². The lowest BCUT2D eigenvalue weighted by Crippen LogP contribution is -2.55. The Balaban J connectivity index is 2.70. The molecule has 0 heterocycles. The van der Waals surface area contributed by atoms with Gasteiger partial charge in [0.05, 0.1) is 7.11 Å². The summed E-state index contributed by atoms with van der Waals surface area (Å²) in [4.78, 5) is 0. The third-order valence-corrected chi connectivity index (χ3v) is 3.51. The molecule has 0 saturated carbocycles. The molecule has 0 fully saturated rings. The van der Waals surface area contributed by atoms with E-state index in [1.807, 2.05) is 0 Å². The zero-order chi connectivity index (χ0) is 17.3. The Kier molecular flexibility index (Phi) is 4.34. The van der Waals surface area contributed by atoms with Gasteiger partial charge in [-0.05, 0) is 23.3 Å². The molecule has 1 unspecified atom stereocenters. The third-order valence-electron chi connectivity index (χ3n) is 3.51. The van der Waals surface area contributed by atoms with Crippen molar-refractivity contribution in [2.45, 2.75) is 17.7 Å². The van der Waals surface area contributed by atoms with Crippen molar-refractivity contribution in [3.8, 4) is 5.75 Å². The summed E-state index contributed by atoms with van der Waals surface area (Å²) in [7, 11) is 1.32. The maximum absolute atomic E-state index is 14.1. The highest BCUT2D eigenvalue weighted by atomic mass is 19.4. The lowest BCUT2D eigenvalue weighted by atomic mass is 9.80. The summed E-state index contributed by atoms with van der Waals surface area (Å²) in [6.45, 7) is 0. The SMILES string of the molecule is COc1ccc(C(O)(c2ccccc2)C(F)(F)C(F)(F)F)cc1. The number of halogens is 5. The van der Waals surface area contributed by atoms with Crippen LogP contribution in [-0.4, -0.2) is 24.3 Å². The maximum atomic E-state index is 14.1. The average molecular weight is 332 g/mol. The Morgan fingerprint density at radius 1 is 0.783 bits per heavy atom. The first kappa shape index (κ1) is 17.2. The fraction of sp³-hybridized carbons (Fsp3) is 0.250. The Morgan fingerprint density at radius 3 is 1.70 bits per heavy atom. The largest absolute Gasteiger partial charge is 0.497 e. The van der Waals surface area contributed by atoms with Gasteiger partial charge in [-0.3, -0.25) is 0 Å². The smallest absolute Gasteiger partial charge is 0.457 e. The Morgan fingerprint density at radius 2 is 1.26 bits per heavy atom. The molecule has 0 aliphatic rings. The van der Waals surface area contributed by atoms with Crippen molar-refractivity contribution < 1.29 is 31.8 Å². The highest BCUT2D eigenvalue weighted by Crippen LogP contribution is 2.51. The molecule has 23 heavy (non-hydrogen) atoms. The summed E-state index contributed by atoms with van der Waals surface area (Å²) in [6.07, 6.45) is -5.93. The molecule has 0 amide bonds. The molecule has 0 bridgehead atoms. The Labute approximate surface area is 129 Å². The summed E-state index contributed by atoms with van der Waals surface area (Å²) in [5.41, 5.74) is -4.71. The van der Waals surface area contributed by atoms with Crippen LogP contribution in [0.2, 0.25) is 0 Å². The average Bonchev–Trinajstić information content (AvgIpc) is 2.53. The first-order valence-corrected chi connectivity index (χ1v) is 6.51. The second-order valence-electron chi connectivity index (χ2n) is 4.88. The minimum absolute atomic E-state index is 0.263. The van der Waals surface area contributed by atoms with Gasteiger partial charge in [0.1, 0.15) is 5.75 Å². The Bertz CT molecular complexity index is 652. The minimum atomic E-state index is -5.93. The van der Waals surface area contributed by atoms with Gasteiger partial charge in [-0.25, -0.2) is 0 Å². The molecule has 0 aromatic heterocycles. The second-order valence-corrected chi connectivity index (χ2v) is 4.88. The summed E-state index contributed by atoms with van der Waals surface area (Å²) < 4.78 is 71.8. The van der Waals surface area contributed by atoms with E-state index < -0.39 is 28.8 Å². The van der Waals surface area contributed by atoms with Crippen molar-refractivity contribution in [1.82, 2.24) is 0 Å². The minimum Gasteiger partial charge on any atom is -0.497 e. The van der Waals surface area contributed by atoms with Gasteiger partial charge in [0.25, 0.3) is 0 Å². The summed E-state index contributed by atoms with van der Waals surface area (Å²) in [5.74, 6) is -5.13. The van der Waals surface area contributed by atoms with Crippen LogP contribution in [0.25, 0.3) is 0 Å². The van der Waals surface area contributed by atoms with Crippen molar-refractivity contribution in [3.05, 3.63) is 65.7 Å². The van der Waals surface area contributed by atoms with E-state index in [2.05, 4.69) is 0 Å².